The van der Waals surface area contributed by atoms with E-state index in [-0.39, 0.29) is 7.12 Å². The lowest BCUT2D eigenvalue weighted by Crippen LogP contribution is -2.24. The molecule has 74 valence electrons. The number of hydrogen-bond acceptors (Lipinski definition) is 2. The van der Waals surface area contributed by atoms with Gasteiger partial charge >= 0.3 is 7.12 Å². The van der Waals surface area contributed by atoms with E-state index in [1.165, 1.54) is 0 Å². The second-order valence-corrected chi connectivity index (χ2v) is 8.51. The molecule has 0 atom stereocenters. The van der Waals surface area contributed by atoms with Crippen molar-refractivity contribution in [2.45, 2.75) is 33.5 Å². The average molecular weight is 198 g/mol. The minimum atomic E-state index is -1.30. The van der Waals surface area contributed by atoms with Crippen molar-refractivity contribution >= 4 is 15.2 Å². The van der Waals surface area contributed by atoms with Crippen LogP contribution in [0.3, 0.4) is 0 Å². The molecule has 0 bridgehead atoms. The highest BCUT2D eigenvalue weighted by atomic mass is 28.3. The molecular formula is C9H19BO2Si. The Hall–Kier alpha value is -0.238. The Morgan fingerprint density at radius 2 is 1.54 bits per heavy atom. The first-order chi connectivity index (χ1) is 5.99. The van der Waals surface area contributed by atoms with Gasteiger partial charge in [-0.3, -0.25) is 0 Å². The van der Waals surface area contributed by atoms with Crippen LogP contribution in [0.15, 0.2) is 0 Å². The normalized spacial score (nSPS) is 10.5. The largest absolute Gasteiger partial charge is 0.549 e. The summed E-state index contributed by atoms with van der Waals surface area (Å²) in [6.45, 7) is 11.8. The van der Waals surface area contributed by atoms with E-state index in [0.717, 1.165) is 0 Å². The predicted molar refractivity (Wildman–Crippen MR) is 60.1 cm³/mol. The standard InChI is InChI=1S/C9H19BO2Si/c1-6-11-10(12-7-2)8-9-13(3,4)5/h6-7H2,1-5H3. The van der Waals surface area contributed by atoms with Crippen molar-refractivity contribution in [2.24, 2.45) is 0 Å². The van der Waals surface area contributed by atoms with Gasteiger partial charge in [-0.2, -0.15) is 0 Å². The lowest BCUT2D eigenvalue weighted by Gasteiger charge is -2.07. The molecule has 0 aliphatic carbocycles. The topological polar surface area (TPSA) is 18.5 Å². The van der Waals surface area contributed by atoms with E-state index in [9.17, 15) is 0 Å². The van der Waals surface area contributed by atoms with E-state index in [1.807, 2.05) is 13.8 Å². The van der Waals surface area contributed by atoms with Crippen LogP contribution in [0.2, 0.25) is 19.6 Å². The molecule has 0 aromatic heterocycles. The first kappa shape index (κ1) is 12.8. The van der Waals surface area contributed by atoms with E-state index < -0.39 is 8.07 Å². The van der Waals surface area contributed by atoms with Crippen molar-refractivity contribution in [3.63, 3.8) is 0 Å². The highest BCUT2D eigenvalue weighted by molar-refractivity contribution is 6.84. The van der Waals surface area contributed by atoms with Gasteiger partial charge in [0, 0.05) is 13.2 Å². The van der Waals surface area contributed by atoms with Crippen LogP contribution >= 0.6 is 0 Å². The first-order valence-corrected chi connectivity index (χ1v) is 8.25. The molecule has 0 saturated carbocycles. The van der Waals surface area contributed by atoms with Gasteiger partial charge in [0.15, 0.2) is 0 Å². The lowest BCUT2D eigenvalue weighted by atomic mass is 9.93. The van der Waals surface area contributed by atoms with Gasteiger partial charge in [-0.25, -0.2) is 0 Å². The predicted octanol–water partition coefficient (Wildman–Crippen LogP) is 1.97. The van der Waals surface area contributed by atoms with Gasteiger partial charge in [0.25, 0.3) is 0 Å². The zero-order valence-electron chi connectivity index (χ0n) is 9.31. The zero-order valence-corrected chi connectivity index (χ0v) is 10.3. The van der Waals surface area contributed by atoms with Crippen molar-refractivity contribution in [1.82, 2.24) is 0 Å². The van der Waals surface area contributed by atoms with Gasteiger partial charge in [-0.05, 0) is 13.8 Å². The molecule has 0 amide bonds. The maximum absolute atomic E-state index is 5.30. The molecule has 0 N–H and O–H groups in total. The SMILES string of the molecule is CCOB(C#C[Si](C)(C)C)OCC. The van der Waals surface area contributed by atoms with Gasteiger partial charge in [0.1, 0.15) is 8.07 Å². The van der Waals surface area contributed by atoms with E-state index >= 15 is 0 Å². The van der Waals surface area contributed by atoms with Crippen LogP contribution < -0.4 is 0 Å². The van der Waals surface area contributed by atoms with Crippen LogP contribution in [0.25, 0.3) is 0 Å². The summed E-state index contributed by atoms with van der Waals surface area (Å²) in [5.41, 5.74) is 3.23. The summed E-state index contributed by atoms with van der Waals surface area (Å²) in [7, 11) is -1.63. The molecule has 0 aliphatic rings. The molecule has 0 radical (unpaired) electrons. The van der Waals surface area contributed by atoms with Crippen LogP contribution in [0.1, 0.15) is 13.8 Å². The summed E-state index contributed by atoms with van der Waals surface area (Å²) in [5.74, 6) is 3.03. The third-order valence-corrected chi connectivity index (χ3v) is 2.10. The second-order valence-electron chi connectivity index (χ2n) is 3.76. The molecule has 0 aromatic carbocycles. The fourth-order valence-corrected chi connectivity index (χ4v) is 1.26. The van der Waals surface area contributed by atoms with Crippen LogP contribution in [-0.4, -0.2) is 28.4 Å². The Morgan fingerprint density at radius 1 is 1.08 bits per heavy atom. The molecule has 2 nitrogen and oxygen atoms in total. The minimum absolute atomic E-state index is 0.332. The minimum Gasteiger partial charge on any atom is -0.401 e. The molecular weight excluding hydrogens is 179 g/mol. The Kier molecular flexibility index (Phi) is 6.14. The maximum atomic E-state index is 5.30. The monoisotopic (exact) mass is 198 g/mol. The van der Waals surface area contributed by atoms with Crippen molar-refractivity contribution in [1.29, 1.82) is 0 Å². The molecule has 0 fully saturated rings. The van der Waals surface area contributed by atoms with E-state index in [1.54, 1.807) is 0 Å². The summed E-state index contributed by atoms with van der Waals surface area (Å²) >= 11 is 0. The summed E-state index contributed by atoms with van der Waals surface area (Å²) in [4.78, 5) is 0. The third-order valence-electron chi connectivity index (χ3n) is 1.20. The fourth-order valence-electron chi connectivity index (χ4n) is 0.710. The van der Waals surface area contributed by atoms with E-state index in [4.69, 9.17) is 9.31 Å². The van der Waals surface area contributed by atoms with E-state index in [0.29, 0.717) is 13.2 Å². The number of rotatable bonds is 4. The van der Waals surface area contributed by atoms with Crippen molar-refractivity contribution < 1.29 is 9.31 Å². The Labute approximate surface area is 83.2 Å². The third kappa shape index (κ3) is 8.10. The molecule has 0 aliphatic heterocycles. The van der Waals surface area contributed by atoms with Crippen LogP contribution in [0.5, 0.6) is 0 Å². The van der Waals surface area contributed by atoms with Crippen LogP contribution in [-0.2, 0) is 9.31 Å². The second kappa shape index (κ2) is 6.25. The van der Waals surface area contributed by atoms with E-state index in [2.05, 4.69) is 31.0 Å². The summed E-state index contributed by atoms with van der Waals surface area (Å²) in [6.07, 6.45) is 0. The molecule has 4 heteroatoms. The molecule has 0 rings (SSSR count). The lowest BCUT2D eigenvalue weighted by molar-refractivity contribution is 0.226. The highest BCUT2D eigenvalue weighted by Crippen LogP contribution is 1.97. The summed E-state index contributed by atoms with van der Waals surface area (Å²) in [5, 5.41) is 0. The summed E-state index contributed by atoms with van der Waals surface area (Å²) < 4.78 is 10.6. The quantitative estimate of drug-likeness (QED) is 0.508. The highest BCUT2D eigenvalue weighted by Gasteiger charge is 2.15. The molecule has 0 heterocycles. The first-order valence-electron chi connectivity index (χ1n) is 4.75. The molecule has 13 heavy (non-hydrogen) atoms. The zero-order chi connectivity index (χ0) is 10.3. The summed E-state index contributed by atoms with van der Waals surface area (Å²) in [6, 6.07) is 0. The van der Waals surface area contributed by atoms with Crippen molar-refractivity contribution in [3.05, 3.63) is 0 Å². The smallest absolute Gasteiger partial charge is 0.401 e. The fraction of sp³-hybridized carbons (Fsp3) is 0.778. The van der Waals surface area contributed by atoms with Gasteiger partial charge in [0.05, 0.1) is 0 Å². The maximum Gasteiger partial charge on any atom is 0.549 e. The molecule has 0 spiro atoms. The molecule has 0 aromatic rings. The van der Waals surface area contributed by atoms with Gasteiger partial charge in [-0.15, -0.1) is 5.54 Å². The Balaban J connectivity index is 4.12. The van der Waals surface area contributed by atoms with Gasteiger partial charge < -0.3 is 9.31 Å². The molecule has 0 saturated heterocycles. The van der Waals surface area contributed by atoms with Gasteiger partial charge in [-0.1, -0.05) is 25.5 Å². The van der Waals surface area contributed by atoms with Gasteiger partial charge in [0.2, 0.25) is 0 Å². The average Bonchev–Trinajstić information content (AvgIpc) is 2.00. The van der Waals surface area contributed by atoms with Crippen LogP contribution in [0.4, 0.5) is 0 Å². The van der Waals surface area contributed by atoms with Crippen LogP contribution in [0, 0.1) is 11.4 Å². The van der Waals surface area contributed by atoms with Crippen molar-refractivity contribution in [3.8, 4) is 11.4 Å². The number of hydrogen-bond donors (Lipinski definition) is 0. The molecule has 0 unspecified atom stereocenters. The van der Waals surface area contributed by atoms with Crippen molar-refractivity contribution in [2.75, 3.05) is 13.2 Å². The Bertz CT molecular complexity index is 184. The Morgan fingerprint density at radius 3 is 1.85 bits per heavy atom.